The third kappa shape index (κ3) is 4.41. The summed E-state index contributed by atoms with van der Waals surface area (Å²) in [6.07, 6.45) is 7.24. The molecule has 1 atom stereocenters. The molecule has 1 aliphatic rings. The lowest BCUT2D eigenvalue weighted by molar-refractivity contribution is -0.132. The summed E-state index contributed by atoms with van der Waals surface area (Å²) in [5.74, 6) is 1.46. The second-order valence-electron chi connectivity index (χ2n) is 6.19. The molecule has 0 bridgehead atoms. The van der Waals surface area contributed by atoms with Gasteiger partial charge < -0.3 is 9.32 Å². The minimum absolute atomic E-state index is 0.128. The Morgan fingerprint density at radius 2 is 2.43 bits per heavy atom. The van der Waals surface area contributed by atoms with E-state index in [0.717, 1.165) is 31.8 Å². The fourth-order valence-corrected chi connectivity index (χ4v) is 3.07. The summed E-state index contributed by atoms with van der Waals surface area (Å²) in [7, 11) is 1.82. The predicted molar refractivity (Wildman–Crippen MR) is 84.4 cm³/mol. The van der Waals surface area contributed by atoms with Crippen LogP contribution in [0.15, 0.2) is 35.5 Å². The number of hydrogen-bond donors (Lipinski definition) is 0. The summed E-state index contributed by atoms with van der Waals surface area (Å²) in [6, 6.07) is 3.73. The maximum atomic E-state index is 12.4. The van der Waals surface area contributed by atoms with Gasteiger partial charge in [-0.25, -0.2) is 4.98 Å². The highest BCUT2D eigenvalue weighted by atomic mass is 16.3. The van der Waals surface area contributed by atoms with E-state index in [1.54, 1.807) is 23.8 Å². The number of carbonyl (C=O) groups is 1. The second kappa shape index (κ2) is 7.41. The molecule has 0 spiro atoms. The molecule has 2 aromatic heterocycles. The zero-order chi connectivity index (χ0) is 16.1. The molecule has 1 fully saturated rings. The molecule has 1 aliphatic heterocycles. The predicted octanol–water partition coefficient (Wildman–Crippen LogP) is 1.24. The first-order valence-electron chi connectivity index (χ1n) is 8.02. The van der Waals surface area contributed by atoms with Crippen LogP contribution >= 0.6 is 0 Å². The Hall–Kier alpha value is -2.15. The van der Waals surface area contributed by atoms with Crippen LogP contribution < -0.4 is 0 Å². The molecular weight excluding hydrogens is 294 g/mol. The Morgan fingerprint density at radius 3 is 3.17 bits per heavy atom. The smallest absolute Gasteiger partial charge is 0.236 e. The topological polar surface area (TPSA) is 67.4 Å². The van der Waals surface area contributed by atoms with Gasteiger partial charge >= 0.3 is 0 Å². The summed E-state index contributed by atoms with van der Waals surface area (Å²) in [5.41, 5.74) is 0. The number of piperidine rings is 1. The molecule has 7 nitrogen and oxygen atoms in total. The van der Waals surface area contributed by atoms with Crippen LogP contribution in [0.3, 0.4) is 0 Å². The molecule has 23 heavy (non-hydrogen) atoms. The second-order valence-corrected chi connectivity index (χ2v) is 6.19. The van der Waals surface area contributed by atoms with E-state index in [1.807, 2.05) is 23.9 Å². The third-order valence-electron chi connectivity index (χ3n) is 4.27. The summed E-state index contributed by atoms with van der Waals surface area (Å²) >= 11 is 0. The summed E-state index contributed by atoms with van der Waals surface area (Å²) in [6.45, 7) is 3.76. The molecule has 2 aromatic rings. The van der Waals surface area contributed by atoms with Crippen molar-refractivity contribution >= 4 is 5.91 Å². The highest BCUT2D eigenvalue weighted by Gasteiger charge is 2.23. The lowest BCUT2D eigenvalue weighted by atomic mass is 9.98. The number of rotatable bonds is 6. The van der Waals surface area contributed by atoms with E-state index < -0.39 is 0 Å². The van der Waals surface area contributed by atoms with Crippen LogP contribution in [0, 0.1) is 5.92 Å². The van der Waals surface area contributed by atoms with E-state index in [0.29, 0.717) is 19.0 Å². The van der Waals surface area contributed by atoms with Crippen LogP contribution in [0.4, 0.5) is 0 Å². The van der Waals surface area contributed by atoms with Gasteiger partial charge in [-0.3, -0.25) is 14.4 Å². The Labute approximate surface area is 135 Å². The molecule has 3 heterocycles. The summed E-state index contributed by atoms with van der Waals surface area (Å²) < 4.78 is 7.17. The van der Waals surface area contributed by atoms with Gasteiger partial charge in [-0.15, -0.1) is 0 Å². The number of amides is 1. The summed E-state index contributed by atoms with van der Waals surface area (Å²) in [5, 5.41) is 4.17. The first-order valence-corrected chi connectivity index (χ1v) is 8.02. The molecule has 0 N–H and O–H groups in total. The molecule has 0 radical (unpaired) electrons. The molecule has 0 aromatic carbocycles. The monoisotopic (exact) mass is 317 g/mol. The highest BCUT2D eigenvalue weighted by Crippen LogP contribution is 2.18. The van der Waals surface area contributed by atoms with Crippen LogP contribution in [0.5, 0.6) is 0 Å². The molecule has 1 saturated heterocycles. The average Bonchev–Trinajstić information content (AvgIpc) is 3.21. The Kier molecular flexibility index (Phi) is 5.07. The van der Waals surface area contributed by atoms with Gasteiger partial charge in [-0.05, 0) is 37.4 Å². The molecule has 0 unspecified atom stereocenters. The zero-order valence-corrected chi connectivity index (χ0v) is 13.5. The molecule has 0 aliphatic carbocycles. The molecule has 0 saturated carbocycles. The van der Waals surface area contributed by atoms with Crippen molar-refractivity contribution in [2.45, 2.75) is 25.9 Å². The summed E-state index contributed by atoms with van der Waals surface area (Å²) in [4.78, 5) is 20.3. The Balaban J connectivity index is 1.47. The van der Waals surface area contributed by atoms with Gasteiger partial charge in [0.05, 0.1) is 19.4 Å². The van der Waals surface area contributed by atoms with E-state index in [1.165, 1.54) is 6.42 Å². The molecule has 1 amide bonds. The lowest BCUT2D eigenvalue weighted by Crippen LogP contribution is -2.43. The number of furan rings is 1. The molecule has 124 valence electrons. The number of hydrogen-bond acceptors (Lipinski definition) is 5. The maximum Gasteiger partial charge on any atom is 0.236 e. The van der Waals surface area contributed by atoms with Gasteiger partial charge in [0, 0.05) is 20.1 Å². The zero-order valence-electron chi connectivity index (χ0n) is 13.5. The minimum Gasteiger partial charge on any atom is -0.467 e. The van der Waals surface area contributed by atoms with Crippen LogP contribution in [0.25, 0.3) is 0 Å². The molecule has 7 heteroatoms. The fraction of sp³-hybridized carbons (Fsp3) is 0.562. The van der Waals surface area contributed by atoms with Crippen LogP contribution in [-0.4, -0.2) is 57.2 Å². The van der Waals surface area contributed by atoms with E-state index in [2.05, 4.69) is 15.0 Å². The number of nitrogens with zero attached hydrogens (tertiary/aromatic N) is 5. The van der Waals surface area contributed by atoms with Crippen molar-refractivity contribution in [3.8, 4) is 0 Å². The number of likely N-dealkylation sites (N-methyl/N-ethyl adjacent to an activating group) is 1. The van der Waals surface area contributed by atoms with Gasteiger partial charge in [-0.2, -0.15) is 5.10 Å². The van der Waals surface area contributed by atoms with Crippen molar-refractivity contribution in [1.29, 1.82) is 0 Å². The fourth-order valence-electron chi connectivity index (χ4n) is 3.07. The van der Waals surface area contributed by atoms with Crippen LogP contribution in [0.2, 0.25) is 0 Å². The van der Waals surface area contributed by atoms with Crippen molar-refractivity contribution in [2.75, 3.05) is 26.7 Å². The van der Waals surface area contributed by atoms with Gasteiger partial charge in [-0.1, -0.05) is 0 Å². The van der Waals surface area contributed by atoms with E-state index in [9.17, 15) is 4.79 Å². The minimum atomic E-state index is 0.128. The first-order chi connectivity index (χ1) is 11.2. The van der Waals surface area contributed by atoms with E-state index in [4.69, 9.17) is 4.42 Å². The van der Waals surface area contributed by atoms with Crippen LogP contribution in [0.1, 0.15) is 18.6 Å². The molecular formula is C16H23N5O2. The van der Waals surface area contributed by atoms with Gasteiger partial charge in [0.25, 0.3) is 0 Å². The molecule has 3 rings (SSSR count). The Morgan fingerprint density at radius 1 is 1.52 bits per heavy atom. The van der Waals surface area contributed by atoms with Crippen molar-refractivity contribution in [2.24, 2.45) is 5.92 Å². The van der Waals surface area contributed by atoms with Gasteiger partial charge in [0.15, 0.2) is 0 Å². The van der Waals surface area contributed by atoms with Crippen molar-refractivity contribution in [3.05, 3.63) is 36.8 Å². The average molecular weight is 317 g/mol. The van der Waals surface area contributed by atoms with Crippen molar-refractivity contribution < 1.29 is 9.21 Å². The van der Waals surface area contributed by atoms with Gasteiger partial charge in [0.2, 0.25) is 5.91 Å². The standard InChI is InChI=1S/C16H23N5O2/c1-19(10-15-5-3-7-23-15)16(22)11-20-6-2-4-14(8-20)9-21-13-17-12-18-21/h3,5,7,12-14H,2,4,6,8-11H2,1H3/t14-/m0/s1. The largest absolute Gasteiger partial charge is 0.467 e. The van der Waals surface area contributed by atoms with Crippen molar-refractivity contribution in [1.82, 2.24) is 24.6 Å². The number of aromatic nitrogens is 3. The van der Waals surface area contributed by atoms with Crippen molar-refractivity contribution in [3.63, 3.8) is 0 Å². The SMILES string of the molecule is CN(Cc1ccco1)C(=O)CN1CCC[C@H](Cn2cncn2)C1. The lowest BCUT2D eigenvalue weighted by Gasteiger charge is -2.33. The van der Waals surface area contributed by atoms with Crippen LogP contribution in [-0.2, 0) is 17.9 Å². The normalized spacial score (nSPS) is 18.9. The third-order valence-corrected chi connectivity index (χ3v) is 4.27. The van der Waals surface area contributed by atoms with Gasteiger partial charge in [0.1, 0.15) is 18.4 Å². The highest BCUT2D eigenvalue weighted by molar-refractivity contribution is 5.77. The number of carbonyl (C=O) groups excluding carboxylic acids is 1. The Bertz CT molecular complexity index is 596. The quantitative estimate of drug-likeness (QED) is 0.802. The first kappa shape index (κ1) is 15.7. The van der Waals surface area contributed by atoms with E-state index >= 15 is 0 Å². The number of likely N-dealkylation sites (tertiary alicyclic amines) is 1. The van der Waals surface area contributed by atoms with E-state index in [-0.39, 0.29) is 5.91 Å². The maximum absolute atomic E-state index is 12.4.